The normalized spacial score (nSPS) is 10.6. The topological polar surface area (TPSA) is 66.9 Å². The van der Waals surface area contributed by atoms with Gasteiger partial charge in [0.15, 0.2) is 0 Å². The molecule has 0 saturated carbocycles. The van der Waals surface area contributed by atoms with Crippen molar-refractivity contribution in [1.29, 1.82) is 0 Å². The van der Waals surface area contributed by atoms with Crippen LogP contribution >= 0.6 is 0 Å². The second kappa shape index (κ2) is 6.43. The number of methoxy groups -OCH3 is 1. The summed E-state index contributed by atoms with van der Waals surface area (Å²) >= 11 is 0. The summed E-state index contributed by atoms with van der Waals surface area (Å²) < 4.78 is 18.2. The standard InChI is InChI=1S/C16H16FN5O/c1-22(14-7-15(23-2)19-10-18-14)9-12-8-20-21-16(12)11-3-5-13(17)6-4-11/h3-8,10H,9H2,1-2H3,(H,20,21). The minimum Gasteiger partial charge on any atom is -0.481 e. The number of halogens is 1. The van der Waals surface area contributed by atoms with Gasteiger partial charge in [-0.05, 0) is 24.3 Å². The molecule has 0 atom stereocenters. The van der Waals surface area contributed by atoms with E-state index in [4.69, 9.17) is 4.74 Å². The van der Waals surface area contributed by atoms with Crippen molar-refractivity contribution in [1.82, 2.24) is 20.2 Å². The Bertz CT molecular complexity index is 787. The number of nitrogens with zero attached hydrogens (tertiary/aromatic N) is 4. The van der Waals surface area contributed by atoms with Crippen molar-refractivity contribution in [3.8, 4) is 17.1 Å². The number of hydrogen-bond donors (Lipinski definition) is 1. The molecule has 0 aliphatic carbocycles. The summed E-state index contributed by atoms with van der Waals surface area (Å²) in [5.41, 5.74) is 2.72. The highest BCUT2D eigenvalue weighted by Gasteiger charge is 2.12. The van der Waals surface area contributed by atoms with E-state index in [1.807, 2.05) is 11.9 Å². The molecule has 0 bridgehead atoms. The van der Waals surface area contributed by atoms with Crippen molar-refractivity contribution < 1.29 is 9.13 Å². The summed E-state index contributed by atoms with van der Waals surface area (Å²) in [4.78, 5) is 10.2. The molecule has 2 aromatic heterocycles. The Morgan fingerprint density at radius 2 is 2.00 bits per heavy atom. The van der Waals surface area contributed by atoms with Gasteiger partial charge in [-0.1, -0.05) is 0 Å². The quantitative estimate of drug-likeness (QED) is 0.784. The van der Waals surface area contributed by atoms with E-state index in [0.717, 1.165) is 22.6 Å². The highest BCUT2D eigenvalue weighted by atomic mass is 19.1. The Morgan fingerprint density at radius 3 is 2.74 bits per heavy atom. The molecule has 1 N–H and O–H groups in total. The number of ether oxygens (including phenoxy) is 1. The third kappa shape index (κ3) is 3.28. The number of nitrogens with one attached hydrogen (secondary N) is 1. The second-order valence-corrected chi connectivity index (χ2v) is 5.05. The summed E-state index contributed by atoms with van der Waals surface area (Å²) in [7, 11) is 3.48. The summed E-state index contributed by atoms with van der Waals surface area (Å²) in [5.74, 6) is 0.982. The maximum atomic E-state index is 13.1. The number of aromatic nitrogens is 4. The van der Waals surface area contributed by atoms with Gasteiger partial charge in [0.05, 0.1) is 19.0 Å². The van der Waals surface area contributed by atoms with Crippen LogP contribution in [-0.4, -0.2) is 34.3 Å². The van der Waals surface area contributed by atoms with Crippen molar-refractivity contribution in [2.45, 2.75) is 6.54 Å². The molecule has 23 heavy (non-hydrogen) atoms. The van der Waals surface area contributed by atoms with Crippen LogP contribution in [0.25, 0.3) is 11.3 Å². The Balaban J connectivity index is 1.83. The zero-order valence-corrected chi connectivity index (χ0v) is 12.8. The fourth-order valence-electron chi connectivity index (χ4n) is 2.28. The van der Waals surface area contributed by atoms with Crippen LogP contribution in [0, 0.1) is 5.82 Å². The molecule has 0 radical (unpaired) electrons. The molecule has 6 nitrogen and oxygen atoms in total. The monoisotopic (exact) mass is 313 g/mol. The summed E-state index contributed by atoms with van der Waals surface area (Å²) in [6, 6.07) is 8.07. The van der Waals surface area contributed by atoms with E-state index in [1.54, 1.807) is 31.5 Å². The molecule has 1 aromatic carbocycles. The molecule has 0 aliphatic rings. The van der Waals surface area contributed by atoms with Crippen molar-refractivity contribution in [2.75, 3.05) is 19.1 Å². The van der Waals surface area contributed by atoms with Gasteiger partial charge in [0, 0.05) is 30.8 Å². The maximum Gasteiger partial charge on any atom is 0.218 e. The lowest BCUT2D eigenvalue weighted by Crippen LogP contribution is -2.18. The lowest BCUT2D eigenvalue weighted by Gasteiger charge is -2.18. The number of rotatable bonds is 5. The third-order valence-electron chi connectivity index (χ3n) is 3.49. The predicted molar refractivity (Wildman–Crippen MR) is 84.7 cm³/mol. The molecule has 0 spiro atoms. The van der Waals surface area contributed by atoms with Crippen molar-refractivity contribution >= 4 is 5.82 Å². The van der Waals surface area contributed by atoms with Gasteiger partial charge in [0.1, 0.15) is 18.0 Å². The fourth-order valence-corrected chi connectivity index (χ4v) is 2.28. The minimum atomic E-state index is -0.264. The molecule has 0 unspecified atom stereocenters. The van der Waals surface area contributed by atoms with Gasteiger partial charge in [-0.25, -0.2) is 14.4 Å². The molecule has 0 saturated heterocycles. The van der Waals surface area contributed by atoms with Gasteiger partial charge in [-0.3, -0.25) is 5.10 Å². The third-order valence-corrected chi connectivity index (χ3v) is 3.49. The van der Waals surface area contributed by atoms with E-state index in [1.165, 1.54) is 18.5 Å². The molecular weight excluding hydrogens is 297 g/mol. The summed E-state index contributed by atoms with van der Waals surface area (Å²) in [6.45, 7) is 0.587. The molecule has 0 aliphatic heterocycles. The van der Waals surface area contributed by atoms with E-state index in [2.05, 4.69) is 20.2 Å². The van der Waals surface area contributed by atoms with Gasteiger partial charge in [0.25, 0.3) is 0 Å². The van der Waals surface area contributed by atoms with Crippen LogP contribution in [0.1, 0.15) is 5.56 Å². The first-order valence-electron chi connectivity index (χ1n) is 7.02. The van der Waals surface area contributed by atoms with Crippen molar-refractivity contribution in [3.05, 3.63) is 54.2 Å². The van der Waals surface area contributed by atoms with Gasteiger partial charge in [0.2, 0.25) is 5.88 Å². The molecule has 2 heterocycles. The lowest BCUT2D eigenvalue weighted by molar-refractivity contribution is 0.397. The molecular formula is C16H16FN5O. The lowest BCUT2D eigenvalue weighted by atomic mass is 10.1. The number of hydrogen-bond acceptors (Lipinski definition) is 5. The molecule has 0 fully saturated rings. The molecule has 118 valence electrons. The van der Waals surface area contributed by atoms with Gasteiger partial charge in [-0.15, -0.1) is 0 Å². The first-order chi connectivity index (χ1) is 11.2. The highest BCUT2D eigenvalue weighted by Crippen LogP contribution is 2.24. The van der Waals surface area contributed by atoms with E-state index >= 15 is 0 Å². The van der Waals surface area contributed by atoms with E-state index in [9.17, 15) is 4.39 Å². The molecule has 0 amide bonds. The van der Waals surface area contributed by atoms with E-state index in [-0.39, 0.29) is 5.82 Å². The van der Waals surface area contributed by atoms with Crippen molar-refractivity contribution in [3.63, 3.8) is 0 Å². The highest BCUT2D eigenvalue weighted by molar-refractivity contribution is 5.63. The summed E-state index contributed by atoms with van der Waals surface area (Å²) in [6.07, 6.45) is 3.22. The largest absolute Gasteiger partial charge is 0.481 e. The number of H-pyrrole nitrogens is 1. The SMILES string of the molecule is COc1cc(N(C)Cc2cn[nH]c2-c2ccc(F)cc2)ncn1. The van der Waals surface area contributed by atoms with Gasteiger partial charge in [-0.2, -0.15) is 5.10 Å². The minimum absolute atomic E-state index is 0.264. The number of anilines is 1. The van der Waals surface area contributed by atoms with Crippen LogP contribution in [-0.2, 0) is 6.54 Å². The van der Waals surface area contributed by atoms with Crippen LogP contribution in [0.4, 0.5) is 10.2 Å². The molecule has 7 heteroatoms. The van der Waals surface area contributed by atoms with E-state index < -0.39 is 0 Å². The van der Waals surface area contributed by atoms with Crippen LogP contribution < -0.4 is 9.64 Å². The zero-order valence-electron chi connectivity index (χ0n) is 12.8. The first kappa shape index (κ1) is 15.0. The summed E-state index contributed by atoms with van der Waals surface area (Å²) in [5, 5.41) is 7.06. The fraction of sp³-hybridized carbons (Fsp3) is 0.188. The number of aromatic amines is 1. The Hall–Kier alpha value is -2.96. The Labute approximate surface area is 133 Å². The van der Waals surface area contributed by atoms with Crippen LogP contribution in [0.3, 0.4) is 0 Å². The smallest absolute Gasteiger partial charge is 0.218 e. The average molecular weight is 313 g/mol. The van der Waals surface area contributed by atoms with E-state index in [0.29, 0.717) is 12.4 Å². The Kier molecular flexibility index (Phi) is 4.18. The van der Waals surface area contributed by atoms with Crippen LogP contribution in [0.15, 0.2) is 42.9 Å². The first-order valence-corrected chi connectivity index (χ1v) is 7.02. The van der Waals surface area contributed by atoms with Crippen LogP contribution in [0.2, 0.25) is 0 Å². The van der Waals surface area contributed by atoms with Crippen LogP contribution in [0.5, 0.6) is 5.88 Å². The van der Waals surface area contributed by atoms with Gasteiger partial charge >= 0.3 is 0 Å². The van der Waals surface area contributed by atoms with Crippen molar-refractivity contribution in [2.24, 2.45) is 0 Å². The zero-order chi connectivity index (χ0) is 16.2. The van der Waals surface area contributed by atoms with Gasteiger partial charge < -0.3 is 9.64 Å². The Morgan fingerprint density at radius 1 is 1.22 bits per heavy atom. The number of benzene rings is 1. The second-order valence-electron chi connectivity index (χ2n) is 5.05. The molecule has 3 aromatic rings. The maximum absolute atomic E-state index is 13.1. The predicted octanol–water partition coefficient (Wildman–Crippen LogP) is 2.65. The molecule has 3 rings (SSSR count). The average Bonchev–Trinajstić information content (AvgIpc) is 3.03.